The molecule has 1 rings (SSSR count). The predicted molar refractivity (Wildman–Crippen MR) is 67.0 cm³/mol. The molecule has 2 atom stereocenters. The molecule has 0 bridgehead atoms. The first kappa shape index (κ1) is 13.0. The van der Waals surface area contributed by atoms with Gasteiger partial charge in [0.05, 0.1) is 0 Å². The van der Waals surface area contributed by atoms with Gasteiger partial charge in [0.15, 0.2) is 0 Å². The van der Waals surface area contributed by atoms with Crippen LogP contribution in [0.1, 0.15) is 58.8 Å². The van der Waals surface area contributed by atoms with E-state index >= 15 is 0 Å². The molecule has 0 saturated carbocycles. The fourth-order valence-electron chi connectivity index (χ4n) is 2.51. The molecule has 2 heteroatoms. The molecule has 1 heterocycles. The monoisotopic (exact) mass is 212 g/mol. The van der Waals surface area contributed by atoms with Gasteiger partial charge in [-0.25, -0.2) is 0 Å². The van der Waals surface area contributed by atoms with E-state index < -0.39 is 0 Å². The smallest absolute Gasteiger partial charge is 0.00669 e. The molecule has 0 amide bonds. The highest BCUT2D eigenvalue weighted by molar-refractivity contribution is 4.73. The van der Waals surface area contributed by atoms with Crippen molar-refractivity contribution in [3.05, 3.63) is 0 Å². The van der Waals surface area contributed by atoms with Crippen molar-refractivity contribution in [1.29, 1.82) is 0 Å². The molecule has 0 aliphatic carbocycles. The van der Waals surface area contributed by atoms with Gasteiger partial charge in [-0.05, 0) is 45.7 Å². The van der Waals surface area contributed by atoms with Gasteiger partial charge < -0.3 is 10.6 Å². The van der Waals surface area contributed by atoms with E-state index in [2.05, 4.69) is 18.7 Å². The largest absolute Gasteiger partial charge is 0.328 e. The minimum absolute atomic E-state index is 0.422. The maximum atomic E-state index is 6.06. The first-order valence-corrected chi connectivity index (χ1v) is 6.73. The van der Waals surface area contributed by atoms with E-state index in [1.54, 1.807) is 0 Å². The van der Waals surface area contributed by atoms with Crippen molar-refractivity contribution in [2.75, 3.05) is 13.1 Å². The quantitative estimate of drug-likeness (QED) is 0.759. The van der Waals surface area contributed by atoms with E-state index in [1.165, 1.54) is 58.0 Å². The zero-order valence-electron chi connectivity index (χ0n) is 10.5. The van der Waals surface area contributed by atoms with Crippen LogP contribution >= 0.6 is 0 Å². The number of likely N-dealkylation sites (tertiary alicyclic amines) is 1. The summed E-state index contributed by atoms with van der Waals surface area (Å²) in [5, 5.41) is 0. The van der Waals surface area contributed by atoms with E-state index in [4.69, 9.17) is 5.73 Å². The number of nitrogens with zero attached hydrogens (tertiary/aromatic N) is 1. The number of nitrogens with two attached hydrogens (primary N) is 1. The second kappa shape index (κ2) is 7.24. The fourth-order valence-corrected chi connectivity index (χ4v) is 2.51. The Bertz CT molecular complexity index is 159. The van der Waals surface area contributed by atoms with Crippen LogP contribution in [-0.4, -0.2) is 30.1 Å². The van der Waals surface area contributed by atoms with Crippen molar-refractivity contribution in [2.24, 2.45) is 5.73 Å². The van der Waals surface area contributed by atoms with E-state index in [-0.39, 0.29) is 0 Å². The lowest BCUT2D eigenvalue weighted by atomic mass is 10.1. The topological polar surface area (TPSA) is 29.3 Å². The predicted octanol–water partition coefficient (Wildman–Crippen LogP) is 2.77. The lowest BCUT2D eigenvalue weighted by molar-refractivity contribution is 0.205. The van der Waals surface area contributed by atoms with Gasteiger partial charge in [0.2, 0.25) is 0 Å². The van der Waals surface area contributed by atoms with Crippen LogP contribution < -0.4 is 5.73 Å². The highest BCUT2D eigenvalue weighted by Crippen LogP contribution is 2.16. The maximum Gasteiger partial charge on any atom is 0.00669 e. The summed E-state index contributed by atoms with van der Waals surface area (Å²) >= 11 is 0. The zero-order chi connectivity index (χ0) is 11.1. The Labute approximate surface area is 95.2 Å². The third kappa shape index (κ3) is 4.98. The van der Waals surface area contributed by atoms with Gasteiger partial charge in [0.25, 0.3) is 0 Å². The molecule has 1 aliphatic heterocycles. The molecule has 0 aromatic heterocycles. The Morgan fingerprint density at radius 1 is 1.27 bits per heavy atom. The van der Waals surface area contributed by atoms with Crippen LogP contribution in [0.3, 0.4) is 0 Å². The molecular weight excluding hydrogens is 184 g/mol. The highest BCUT2D eigenvalue weighted by atomic mass is 15.1. The Kier molecular flexibility index (Phi) is 6.26. The third-order valence-corrected chi connectivity index (χ3v) is 3.64. The lowest BCUT2D eigenvalue weighted by Gasteiger charge is -2.27. The molecule has 0 spiro atoms. The van der Waals surface area contributed by atoms with E-state index in [1.807, 2.05) is 0 Å². The number of hydrogen-bond acceptors (Lipinski definition) is 2. The van der Waals surface area contributed by atoms with Crippen LogP contribution in [0.25, 0.3) is 0 Å². The van der Waals surface area contributed by atoms with Gasteiger partial charge in [-0.1, -0.05) is 26.2 Å². The van der Waals surface area contributed by atoms with Crippen LogP contribution in [-0.2, 0) is 0 Å². The van der Waals surface area contributed by atoms with E-state index in [0.29, 0.717) is 6.04 Å². The molecule has 90 valence electrons. The lowest BCUT2D eigenvalue weighted by Crippen LogP contribution is -2.36. The summed E-state index contributed by atoms with van der Waals surface area (Å²) in [6.45, 7) is 7.09. The van der Waals surface area contributed by atoms with Crippen LogP contribution in [0, 0.1) is 0 Å². The minimum Gasteiger partial charge on any atom is -0.328 e. The van der Waals surface area contributed by atoms with Crippen molar-refractivity contribution >= 4 is 0 Å². The molecule has 15 heavy (non-hydrogen) atoms. The molecule has 2 nitrogen and oxygen atoms in total. The van der Waals surface area contributed by atoms with Crippen LogP contribution in [0.15, 0.2) is 0 Å². The summed E-state index contributed by atoms with van der Waals surface area (Å²) in [6.07, 6.45) is 9.17. The molecule has 2 N–H and O–H groups in total. The minimum atomic E-state index is 0.422. The first-order valence-electron chi connectivity index (χ1n) is 6.73. The van der Waals surface area contributed by atoms with Crippen LogP contribution in [0.4, 0.5) is 0 Å². The summed E-state index contributed by atoms with van der Waals surface area (Å²) < 4.78 is 0. The summed E-state index contributed by atoms with van der Waals surface area (Å²) in [4.78, 5) is 2.64. The SMILES string of the molecule is CCCC(N)CCN1CCCCCC1C. The third-order valence-electron chi connectivity index (χ3n) is 3.64. The van der Waals surface area contributed by atoms with E-state index in [9.17, 15) is 0 Å². The van der Waals surface area contributed by atoms with Gasteiger partial charge in [-0.15, -0.1) is 0 Å². The molecule has 2 unspecified atom stereocenters. The molecule has 1 aliphatic rings. The van der Waals surface area contributed by atoms with Gasteiger partial charge in [-0.3, -0.25) is 0 Å². The van der Waals surface area contributed by atoms with Crippen LogP contribution in [0.2, 0.25) is 0 Å². The Hall–Kier alpha value is -0.0800. The second-order valence-corrected chi connectivity index (χ2v) is 5.07. The van der Waals surface area contributed by atoms with Crippen molar-refractivity contribution in [2.45, 2.75) is 70.9 Å². The van der Waals surface area contributed by atoms with Crippen molar-refractivity contribution in [1.82, 2.24) is 4.90 Å². The normalized spacial score (nSPS) is 26.2. The van der Waals surface area contributed by atoms with Crippen LogP contribution in [0.5, 0.6) is 0 Å². The second-order valence-electron chi connectivity index (χ2n) is 5.07. The van der Waals surface area contributed by atoms with Gasteiger partial charge in [-0.2, -0.15) is 0 Å². The number of hydrogen-bond donors (Lipinski definition) is 1. The van der Waals surface area contributed by atoms with E-state index in [0.717, 1.165) is 6.04 Å². The summed E-state index contributed by atoms with van der Waals surface area (Å²) in [5.41, 5.74) is 6.06. The molecule has 1 saturated heterocycles. The van der Waals surface area contributed by atoms with Crippen molar-refractivity contribution < 1.29 is 0 Å². The Morgan fingerprint density at radius 2 is 2.07 bits per heavy atom. The highest BCUT2D eigenvalue weighted by Gasteiger charge is 2.16. The Balaban J connectivity index is 2.22. The summed E-state index contributed by atoms with van der Waals surface area (Å²) in [6, 6.07) is 1.20. The number of rotatable bonds is 5. The average molecular weight is 212 g/mol. The summed E-state index contributed by atoms with van der Waals surface area (Å²) in [7, 11) is 0. The van der Waals surface area contributed by atoms with Gasteiger partial charge >= 0.3 is 0 Å². The Morgan fingerprint density at radius 3 is 2.80 bits per heavy atom. The zero-order valence-corrected chi connectivity index (χ0v) is 10.5. The van der Waals surface area contributed by atoms with Crippen molar-refractivity contribution in [3.63, 3.8) is 0 Å². The first-order chi connectivity index (χ1) is 7.24. The molecule has 0 aromatic carbocycles. The van der Waals surface area contributed by atoms with Crippen molar-refractivity contribution in [3.8, 4) is 0 Å². The molecular formula is C13H28N2. The maximum absolute atomic E-state index is 6.06. The fraction of sp³-hybridized carbons (Fsp3) is 1.00. The van der Waals surface area contributed by atoms with Gasteiger partial charge in [0, 0.05) is 12.1 Å². The molecule has 0 aromatic rings. The van der Waals surface area contributed by atoms with Gasteiger partial charge in [0.1, 0.15) is 0 Å². The molecule has 0 radical (unpaired) electrons. The standard InChI is InChI=1S/C13H28N2/c1-3-7-13(14)9-11-15-10-6-4-5-8-12(15)2/h12-13H,3-11,14H2,1-2H3. The molecule has 1 fully saturated rings. The average Bonchev–Trinajstić information content (AvgIpc) is 2.41. The summed E-state index contributed by atoms with van der Waals surface area (Å²) in [5.74, 6) is 0.